The lowest BCUT2D eigenvalue weighted by molar-refractivity contribution is 0.566. The Labute approximate surface area is 91.9 Å². The van der Waals surface area contributed by atoms with Gasteiger partial charge in [-0.05, 0) is 25.0 Å². The molecule has 0 spiro atoms. The smallest absolute Gasteiger partial charge is 0.129 e. The summed E-state index contributed by atoms with van der Waals surface area (Å²) in [7, 11) is 0. The summed E-state index contributed by atoms with van der Waals surface area (Å²) >= 11 is 3.20. The summed E-state index contributed by atoms with van der Waals surface area (Å²) in [4.78, 5) is 0. The van der Waals surface area contributed by atoms with Gasteiger partial charge in [0.2, 0.25) is 0 Å². The highest BCUT2D eigenvalue weighted by Gasteiger charge is 2.10. The van der Waals surface area contributed by atoms with Crippen molar-refractivity contribution in [2.75, 3.05) is 0 Å². The van der Waals surface area contributed by atoms with Crippen LogP contribution in [0.25, 0.3) is 0 Å². The molecule has 0 fully saturated rings. The second kappa shape index (κ2) is 5.27. The largest absolute Gasteiger partial charge is 0.324 e. The number of rotatable bonds is 4. The number of halogens is 2. The Hall–Kier alpha value is -0.670. The monoisotopic (exact) mass is 257 g/mol. The number of hydrogen-bond donors (Lipinski definition) is 1. The Kier molecular flexibility index (Phi) is 4.29. The fourth-order valence-corrected chi connectivity index (χ4v) is 1.59. The Balaban J connectivity index is 2.78. The van der Waals surface area contributed by atoms with Crippen LogP contribution in [0.4, 0.5) is 4.39 Å². The van der Waals surface area contributed by atoms with Crippen LogP contribution in [0, 0.1) is 5.82 Å². The zero-order valence-electron chi connectivity index (χ0n) is 7.84. The normalized spacial score (nSPS) is 12.5. The minimum absolute atomic E-state index is 0.249. The van der Waals surface area contributed by atoms with Crippen molar-refractivity contribution in [3.8, 4) is 0 Å². The zero-order valence-corrected chi connectivity index (χ0v) is 9.43. The Morgan fingerprint density at radius 1 is 1.57 bits per heavy atom. The highest BCUT2D eigenvalue weighted by molar-refractivity contribution is 9.10. The lowest BCUT2D eigenvalue weighted by Gasteiger charge is -2.11. The number of allylic oxidation sites excluding steroid dienone is 1. The standard InChI is InChI=1S/C11H13BrFN/c1-2-3-4-11(14)9-6-5-8(12)7-10(9)13/h2,5-7,11H,1,3-4,14H2/t11-/m1/s1. The molecule has 1 atom stereocenters. The van der Waals surface area contributed by atoms with E-state index < -0.39 is 0 Å². The Morgan fingerprint density at radius 2 is 2.29 bits per heavy atom. The van der Waals surface area contributed by atoms with Crippen LogP contribution in [0.3, 0.4) is 0 Å². The lowest BCUT2D eigenvalue weighted by Crippen LogP contribution is -2.11. The molecular formula is C11H13BrFN. The first-order chi connectivity index (χ1) is 6.65. The molecule has 0 amide bonds. The minimum Gasteiger partial charge on any atom is -0.324 e. The fourth-order valence-electron chi connectivity index (χ4n) is 1.26. The van der Waals surface area contributed by atoms with Crippen LogP contribution < -0.4 is 5.73 Å². The predicted molar refractivity (Wildman–Crippen MR) is 60.5 cm³/mol. The van der Waals surface area contributed by atoms with Gasteiger partial charge in [-0.2, -0.15) is 0 Å². The van der Waals surface area contributed by atoms with Gasteiger partial charge in [0.05, 0.1) is 0 Å². The summed E-state index contributed by atoms with van der Waals surface area (Å²) in [6.45, 7) is 3.61. The van der Waals surface area contributed by atoms with Gasteiger partial charge in [-0.15, -0.1) is 6.58 Å². The third kappa shape index (κ3) is 2.93. The molecule has 0 aliphatic heterocycles. The molecule has 0 radical (unpaired) electrons. The van der Waals surface area contributed by atoms with Crippen LogP contribution in [-0.2, 0) is 0 Å². The van der Waals surface area contributed by atoms with Crippen LogP contribution in [-0.4, -0.2) is 0 Å². The van der Waals surface area contributed by atoms with Crippen molar-refractivity contribution in [3.05, 3.63) is 46.7 Å². The van der Waals surface area contributed by atoms with E-state index in [4.69, 9.17) is 5.73 Å². The lowest BCUT2D eigenvalue weighted by atomic mass is 10.0. The second-order valence-corrected chi connectivity index (χ2v) is 4.05. The van der Waals surface area contributed by atoms with Crippen molar-refractivity contribution in [1.82, 2.24) is 0 Å². The third-order valence-corrected chi connectivity index (χ3v) is 2.54. The van der Waals surface area contributed by atoms with Gasteiger partial charge in [-0.1, -0.05) is 28.1 Å². The zero-order chi connectivity index (χ0) is 10.6. The summed E-state index contributed by atoms with van der Waals surface area (Å²) in [5, 5.41) is 0. The first kappa shape index (κ1) is 11.4. The molecule has 0 aromatic heterocycles. The average molecular weight is 258 g/mol. The molecule has 0 aliphatic rings. The van der Waals surface area contributed by atoms with E-state index in [1.54, 1.807) is 18.2 Å². The van der Waals surface area contributed by atoms with E-state index in [1.807, 2.05) is 0 Å². The van der Waals surface area contributed by atoms with Crippen molar-refractivity contribution in [2.45, 2.75) is 18.9 Å². The van der Waals surface area contributed by atoms with Crippen molar-refractivity contribution in [3.63, 3.8) is 0 Å². The molecule has 0 bridgehead atoms. The first-order valence-electron chi connectivity index (χ1n) is 4.46. The van der Waals surface area contributed by atoms with Gasteiger partial charge in [0, 0.05) is 16.1 Å². The SMILES string of the molecule is C=CCC[C@@H](N)c1ccc(Br)cc1F. The number of hydrogen-bond acceptors (Lipinski definition) is 1. The van der Waals surface area contributed by atoms with Crippen LogP contribution in [0.5, 0.6) is 0 Å². The number of benzene rings is 1. The Bertz CT molecular complexity index is 325. The van der Waals surface area contributed by atoms with Crippen molar-refractivity contribution in [2.24, 2.45) is 5.73 Å². The summed E-state index contributed by atoms with van der Waals surface area (Å²) in [5.74, 6) is -0.254. The molecule has 0 saturated carbocycles. The van der Waals surface area contributed by atoms with Crippen molar-refractivity contribution in [1.29, 1.82) is 0 Å². The van der Waals surface area contributed by atoms with Crippen LogP contribution in [0.15, 0.2) is 35.3 Å². The quantitative estimate of drug-likeness (QED) is 0.821. The van der Waals surface area contributed by atoms with E-state index in [-0.39, 0.29) is 11.9 Å². The van der Waals surface area contributed by atoms with Gasteiger partial charge in [-0.3, -0.25) is 0 Å². The molecule has 3 heteroatoms. The summed E-state index contributed by atoms with van der Waals surface area (Å²) in [6, 6.07) is 4.70. The minimum atomic E-state index is -0.254. The topological polar surface area (TPSA) is 26.0 Å². The maximum atomic E-state index is 13.4. The summed E-state index contributed by atoms with van der Waals surface area (Å²) in [5.41, 5.74) is 6.39. The van der Waals surface area contributed by atoms with E-state index in [0.29, 0.717) is 5.56 Å². The molecule has 1 aromatic carbocycles. The van der Waals surface area contributed by atoms with E-state index in [1.165, 1.54) is 6.07 Å². The predicted octanol–water partition coefficient (Wildman–Crippen LogP) is 3.55. The van der Waals surface area contributed by atoms with Crippen molar-refractivity contribution >= 4 is 15.9 Å². The Morgan fingerprint density at radius 3 is 2.86 bits per heavy atom. The molecule has 2 N–H and O–H groups in total. The molecule has 1 rings (SSSR count). The molecule has 0 aliphatic carbocycles. The first-order valence-corrected chi connectivity index (χ1v) is 5.26. The molecule has 0 unspecified atom stereocenters. The van der Waals surface area contributed by atoms with Gasteiger partial charge >= 0.3 is 0 Å². The van der Waals surface area contributed by atoms with Crippen molar-refractivity contribution < 1.29 is 4.39 Å². The average Bonchev–Trinajstić information content (AvgIpc) is 2.14. The maximum absolute atomic E-state index is 13.4. The molecular weight excluding hydrogens is 245 g/mol. The van der Waals surface area contributed by atoms with E-state index in [2.05, 4.69) is 22.5 Å². The van der Waals surface area contributed by atoms with Crippen LogP contribution >= 0.6 is 15.9 Å². The van der Waals surface area contributed by atoms with Gasteiger partial charge in [-0.25, -0.2) is 4.39 Å². The maximum Gasteiger partial charge on any atom is 0.129 e. The van der Waals surface area contributed by atoms with E-state index in [9.17, 15) is 4.39 Å². The highest BCUT2D eigenvalue weighted by Crippen LogP contribution is 2.22. The molecule has 1 aromatic rings. The number of nitrogens with two attached hydrogens (primary N) is 1. The van der Waals surface area contributed by atoms with E-state index in [0.717, 1.165) is 17.3 Å². The molecule has 14 heavy (non-hydrogen) atoms. The molecule has 0 saturated heterocycles. The van der Waals surface area contributed by atoms with Crippen LogP contribution in [0.1, 0.15) is 24.4 Å². The van der Waals surface area contributed by atoms with Gasteiger partial charge in [0.15, 0.2) is 0 Å². The highest BCUT2D eigenvalue weighted by atomic mass is 79.9. The molecule has 0 heterocycles. The summed E-state index contributed by atoms with van der Waals surface area (Å²) < 4.78 is 14.1. The molecule has 1 nitrogen and oxygen atoms in total. The third-order valence-electron chi connectivity index (χ3n) is 2.04. The second-order valence-electron chi connectivity index (χ2n) is 3.14. The summed E-state index contributed by atoms with van der Waals surface area (Å²) in [6.07, 6.45) is 3.31. The van der Waals surface area contributed by atoms with Gasteiger partial charge < -0.3 is 5.73 Å². The van der Waals surface area contributed by atoms with Gasteiger partial charge in [0.1, 0.15) is 5.82 Å². The van der Waals surface area contributed by atoms with Gasteiger partial charge in [0.25, 0.3) is 0 Å². The van der Waals surface area contributed by atoms with Crippen LogP contribution in [0.2, 0.25) is 0 Å². The van der Waals surface area contributed by atoms with E-state index >= 15 is 0 Å². The molecule has 76 valence electrons. The fraction of sp³-hybridized carbons (Fsp3) is 0.273.